The molecule has 180 valence electrons. The second kappa shape index (κ2) is 9.31. The van der Waals surface area contributed by atoms with Gasteiger partial charge in [0.1, 0.15) is 12.0 Å². The molecule has 0 saturated carbocycles. The molecule has 0 bridgehead atoms. The number of likely N-dealkylation sites (tertiary alicyclic amines) is 1. The first kappa shape index (κ1) is 22.7. The van der Waals surface area contributed by atoms with Crippen molar-refractivity contribution in [3.8, 4) is 17.2 Å². The van der Waals surface area contributed by atoms with Crippen LogP contribution in [0.15, 0.2) is 72.8 Å². The highest BCUT2D eigenvalue weighted by molar-refractivity contribution is 6.07. The van der Waals surface area contributed by atoms with Crippen LogP contribution in [0.2, 0.25) is 0 Å². The van der Waals surface area contributed by atoms with Crippen LogP contribution in [0, 0.1) is 5.92 Å². The number of carbonyl (C=O) groups is 2. The molecule has 3 aromatic rings. The number of hydroxylamine groups is 1. The zero-order valence-corrected chi connectivity index (χ0v) is 19.7. The van der Waals surface area contributed by atoms with Crippen LogP contribution < -0.4 is 19.3 Å². The monoisotopic (exact) mass is 474 g/mol. The Morgan fingerprint density at radius 1 is 0.771 bits per heavy atom. The molecule has 2 amide bonds. The number of nitrogens with zero attached hydrogens (tertiary/aromatic N) is 2. The number of benzene rings is 3. The minimum Gasteiger partial charge on any atom is -0.493 e. The summed E-state index contributed by atoms with van der Waals surface area (Å²) in [6.45, 7) is 0.190. The Morgan fingerprint density at radius 3 is 2.06 bits per heavy atom. The van der Waals surface area contributed by atoms with Crippen molar-refractivity contribution >= 4 is 17.5 Å². The van der Waals surface area contributed by atoms with Gasteiger partial charge in [0, 0.05) is 5.56 Å². The lowest BCUT2D eigenvalue weighted by molar-refractivity contribution is -0.143. The number of anilines is 1. The van der Waals surface area contributed by atoms with E-state index in [2.05, 4.69) is 0 Å². The first-order chi connectivity index (χ1) is 17.1. The summed E-state index contributed by atoms with van der Waals surface area (Å²) < 4.78 is 16.8. The van der Waals surface area contributed by atoms with Gasteiger partial charge in [-0.15, -0.1) is 0 Å². The topological polar surface area (TPSA) is 77.5 Å². The first-order valence-corrected chi connectivity index (χ1v) is 11.3. The van der Waals surface area contributed by atoms with Gasteiger partial charge >= 0.3 is 0 Å². The predicted molar refractivity (Wildman–Crippen MR) is 128 cm³/mol. The van der Waals surface area contributed by atoms with Crippen molar-refractivity contribution in [3.05, 3.63) is 83.9 Å². The van der Waals surface area contributed by atoms with Crippen molar-refractivity contribution in [1.29, 1.82) is 0 Å². The molecule has 3 atom stereocenters. The van der Waals surface area contributed by atoms with Gasteiger partial charge in [-0.25, -0.2) is 5.06 Å². The molecule has 8 heteroatoms. The largest absolute Gasteiger partial charge is 0.493 e. The number of para-hydroxylation sites is 1. The van der Waals surface area contributed by atoms with Crippen LogP contribution in [0.1, 0.15) is 17.2 Å². The maximum absolute atomic E-state index is 13.7. The zero-order valence-electron chi connectivity index (χ0n) is 19.7. The van der Waals surface area contributed by atoms with E-state index in [-0.39, 0.29) is 18.4 Å². The summed E-state index contributed by atoms with van der Waals surface area (Å²) in [4.78, 5) is 34.6. The summed E-state index contributed by atoms with van der Waals surface area (Å²) in [7, 11) is 4.60. The van der Waals surface area contributed by atoms with Crippen molar-refractivity contribution < 1.29 is 28.6 Å². The molecule has 0 radical (unpaired) electrons. The van der Waals surface area contributed by atoms with Gasteiger partial charge in [-0.3, -0.25) is 19.3 Å². The molecule has 0 aromatic heterocycles. The first-order valence-electron chi connectivity index (χ1n) is 11.3. The second-order valence-corrected chi connectivity index (χ2v) is 8.33. The van der Waals surface area contributed by atoms with Crippen molar-refractivity contribution in [1.82, 2.24) is 4.90 Å². The number of ether oxygens (including phenoxy) is 3. The van der Waals surface area contributed by atoms with Gasteiger partial charge in [-0.1, -0.05) is 48.5 Å². The van der Waals surface area contributed by atoms with Crippen molar-refractivity contribution in [2.45, 2.75) is 18.7 Å². The number of methoxy groups -OCH3 is 3. The standard InChI is InChI=1S/C27H26N2O6/c1-32-20-15-14-19(23(33-2)24(20)34-3)22-21-25(35-29(22)18-12-8-5-9-13-18)27(31)28(26(21)30)16-17-10-6-4-7-11-17/h4-15,21-22,25H,16H2,1-3H3/t21-,22-,25-/m0/s1. The number of hydrogen-bond acceptors (Lipinski definition) is 7. The van der Waals surface area contributed by atoms with Crippen molar-refractivity contribution in [3.63, 3.8) is 0 Å². The van der Waals surface area contributed by atoms with Crippen LogP contribution in [0.3, 0.4) is 0 Å². The minimum atomic E-state index is -0.950. The van der Waals surface area contributed by atoms with Crippen LogP contribution in [-0.2, 0) is 21.0 Å². The Bertz CT molecular complexity index is 1230. The molecule has 35 heavy (non-hydrogen) atoms. The molecule has 8 nitrogen and oxygen atoms in total. The molecule has 2 aliphatic heterocycles. The van der Waals surface area contributed by atoms with E-state index in [1.807, 2.05) is 66.7 Å². The Morgan fingerprint density at radius 2 is 1.43 bits per heavy atom. The lowest BCUT2D eigenvalue weighted by Gasteiger charge is -2.30. The molecular formula is C27H26N2O6. The lowest BCUT2D eigenvalue weighted by atomic mass is 9.89. The highest BCUT2D eigenvalue weighted by Gasteiger charge is 2.60. The fourth-order valence-corrected chi connectivity index (χ4v) is 4.87. The molecular weight excluding hydrogens is 448 g/mol. The SMILES string of the molecule is COc1ccc([C@H]2[C@@H]3C(=O)N(Cc4ccccc4)C(=O)[C@H]3ON2c2ccccc2)c(OC)c1OC. The minimum absolute atomic E-state index is 0.190. The summed E-state index contributed by atoms with van der Waals surface area (Å²) >= 11 is 0. The van der Waals surface area contributed by atoms with Crippen LogP contribution in [-0.4, -0.2) is 44.1 Å². The van der Waals surface area contributed by atoms with E-state index in [0.29, 0.717) is 22.8 Å². The fourth-order valence-electron chi connectivity index (χ4n) is 4.87. The van der Waals surface area contributed by atoms with E-state index in [1.54, 1.807) is 18.2 Å². The third-order valence-corrected chi connectivity index (χ3v) is 6.45. The molecule has 0 spiro atoms. The normalized spacial score (nSPS) is 21.3. The molecule has 2 aliphatic rings. The Balaban J connectivity index is 1.61. The van der Waals surface area contributed by atoms with Crippen LogP contribution in [0.5, 0.6) is 17.2 Å². The number of imide groups is 1. The third kappa shape index (κ3) is 3.76. The van der Waals surface area contributed by atoms with E-state index in [4.69, 9.17) is 19.0 Å². The van der Waals surface area contributed by atoms with Gasteiger partial charge in [-0.2, -0.15) is 0 Å². The van der Waals surface area contributed by atoms with Crippen molar-refractivity contribution in [2.24, 2.45) is 5.92 Å². The number of carbonyl (C=O) groups excluding carboxylic acids is 2. The Kier molecular flexibility index (Phi) is 6.05. The average molecular weight is 475 g/mol. The van der Waals surface area contributed by atoms with Crippen LogP contribution >= 0.6 is 0 Å². The highest BCUT2D eigenvalue weighted by Crippen LogP contribution is 2.52. The zero-order chi connectivity index (χ0) is 24.5. The van der Waals surface area contributed by atoms with Gasteiger partial charge in [0.2, 0.25) is 11.7 Å². The molecule has 2 fully saturated rings. The van der Waals surface area contributed by atoms with E-state index in [0.717, 1.165) is 11.3 Å². The summed E-state index contributed by atoms with van der Waals surface area (Å²) in [6.07, 6.45) is -0.950. The molecule has 5 rings (SSSR count). The summed E-state index contributed by atoms with van der Waals surface area (Å²) in [5, 5.41) is 1.63. The number of fused-ring (bicyclic) bond motifs is 1. The maximum atomic E-state index is 13.7. The summed E-state index contributed by atoms with van der Waals surface area (Å²) in [6, 6.07) is 21.8. The van der Waals surface area contributed by atoms with Crippen molar-refractivity contribution in [2.75, 3.05) is 26.4 Å². The fraction of sp³-hybridized carbons (Fsp3) is 0.259. The van der Waals surface area contributed by atoms with Gasteiger partial charge in [0.15, 0.2) is 17.6 Å². The quantitative estimate of drug-likeness (QED) is 0.483. The predicted octanol–water partition coefficient (Wildman–Crippen LogP) is 3.76. The number of amides is 2. The lowest BCUT2D eigenvalue weighted by Crippen LogP contribution is -2.37. The highest BCUT2D eigenvalue weighted by atomic mass is 16.7. The van der Waals surface area contributed by atoms with Gasteiger partial charge in [-0.05, 0) is 29.8 Å². The molecule has 2 heterocycles. The van der Waals surface area contributed by atoms with Gasteiger partial charge in [0.05, 0.1) is 33.6 Å². The average Bonchev–Trinajstić information content (AvgIpc) is 3.40. The van der Waals surface area contributed by atoms with Gasteiger partial charge in [0.25, 0.3) is 5.91 Å². The maximum Gasteiger partial charge on any atom is 0.262 e. The van der Waals surface area contributed by atoms with E-state index in [9.17, 15) is 9.59 Å². The molecule has 0 unspecified atom stereocenters. The molecule has 2 saturated heterocycles. The van der Waals surface area contributed by atoms with Gasteiger partial charge < -0.3 is 14.2 Å². The number of rotatable bonds is 7. The molecule has 0 aliphatic carbocycles. The Hall–Kier alpha value is -4.04. The third-order valence-electron chi connectivity index (χ3n) is 6.45. The van der Waals surface area contributed by atoms with Crippen LogP contribution in [0.25, 0.3) is 0 Å². The summed E-state index contributed by atoms with van der Waals surface area (Å²) in [5.74, 6) is -0.0886. The molecule has 0 N–H and O–H groups in total. The number of hydrogen-bond donors (Lipinski definition) is 0. The Labute approximate surface area is 203 Å². The second-order valence-electron chi connectivity index (χ2n) is 8.33. The van der Waals surface area contributed by atoms with E-state index < -0.39 is 18.1 Å². The summed E-state index contributed by atoms with van der Waals surface area (Å²) in [5.41, 5.74) is 2.25. The van der Waals surface area contributed by atoms with E-state index >= 15 is 0 Å². The van der Waals surface area contributed by atoms with Crippen LogP contribution in [0.4, 0.5) is 5.69 Å². The smallest absolute Gasteiger partial charge is 0.262 e. The van der Waals surface area contributed by atoms with E-state index in [1.165, 1.54) is 19.1 Å². The molecule has 3 aromatic carbocycles.